The average molecular weight is 431 g/mol. The van der Waals surface area contributed by atoms with Gasteiger partial charge in [0.2, 0.25) is 0 Å². The Hall–Kier alpha value is -2.34. The lowest BCUT2D eigenvalue weighted by Crippen LogP contribution is -2.19. The number of phenols is 1. The number of nitrogens with zero attached hydrogens (tertiary/aromatic N) is 2. The third kappa shape index (κ3) is 6.60. The molecular weight excluding hydrogens is 407 g/mol. The number of aromatic nitrogens is 1. The van der Waals surface area contributed by atoms with Gasteiger partial charge in [-0.25, -0.2) is 0 Å². The molecule has 7 heteroatoms. The first-order chi connectivity index (χ1) is 14.1. The zero-order valence-electron chi connectivity index (χ0n) is 16.0. The molecular formula is C22H24Cl2N4O. The van der Waals surface area contributed by atoms with Crippen LogP contribution < -0.4 is 10.6 Å². The average Bonchev–Trinajstić information content (AvgIpc) is 2.71. The van der Waals surface area contributed by atoms with Gasteiger partial charge in [0.15, 0.2) is 0 Å². The number of hydrogen-bond acceptors (Lipinski definition) is 5. The maximum Gasteiger partial charge on any atom is 0.124 e. The SMILES string of the molecule is Oc1ccc(Cl)cc1C=NCCCNCCCNc1ccnc2cc(Cl)ccc12. The first-order valence-corrected chi connectivity index (χ1v) is 10.4. The highest BCUT2D eigenvalue weighted by molar-refractivity contribution is 6.31. The number of fused-ring (bicyclic) bond motifs is 1. The van der Waals surface area contributed by atoms with Crippen LogP contribution in [-0.4, -0.2) is 42.5 Å². The minimum absolute atomic E-state index is 0.189. The Kier molecular flexibility index (Phi) is 8.11. The molecule has 0 aliphatic heterocycles. The summed E-state index contributed by atoms with van der Waals surface area (Å²) in [5, 5.41) is 19.0. The van der Waals surface area contributed by atoms with Gasteiger partial charge < -0.3 is 15.7 Å². The van der Waals surface area contributed by atoms with Crippen molar-refractivity contribution < 1.29 is 5.11 Å². The molecule has 152 valence electrons. The van der Waals surface area contributed by atoms with E-state index in [9.17, 15) is 5.11 Å². The highest BCUT2D eigenvalue weighted by atomic mass is 35.5. The van der Waals surface area contributed by atoms with Crippen molar-refractivity contribution in [3.8, 4) is 5.75 Å². The fraction of sp³-hybridized carbons (Fsp3) is 0.273. The summed E-state index contributed by atoms with van der Waals surface area (Å²) < 4.78 is 0. The number of aliphatic imine (C=N–C) groups is 1. The molecule has 0 radical (unpaired) electrons. The standard InChI is InChI=1S/C22H24Cl2N4O/c23-17-4-6-22(29)16(13-17)15-26-10-1-8-25-9-2-11-27-20-7-12-28-21-14-18(24)3-5-19(20)21/h3-7,12-15,25,29H,1-2,8-11H2,(H,27,28). The molecule has 5 nitrogen and oxygen atoms in total. The minimum atomic E-state index is 0.189. The number of phenolic OH excluding ortho intramolecular Hbond substituents is 1. The lowest BCUT2D eigenvalue weighted by molar-refractivity contribution is 0.474. The molecule has 0 unspecified atom stereocenters. The number of hydrogen-bond donors (Lipinski definition) is 3. The van der Waals surface area contributed by atoms with Crippen molar-refractivity contribution in [1.82, 2.24) is 10.3 Å². The van der Waals surface area contributed by atoms with Crippen LogP contribution in [0.4, 0.5) is 5.69 Å². The predicted octanol–water partition coefficient (Wildman–Crippen LogP) is 5.15. The normalized spacial score (nSPS) is 11.4. The quantitative estimate of drug-likeness (QED) is 0.307. The van der Waals surface area contributed by atoms with Gasteiger partial charge in [-0.1, -0.05) is 23.2 Å². The Bertz CT molecular complexity index is 978. The molecule has 3 N–H and O–H groups in total. The van der Waals surface area contributed by atoms with Gasteiger partial charge in [-0.3, -0.25) is 9.98 Å². The van der Waals surface area contributed by atoms with Gasteiger partial charge in [0.05, 0.1) is 5.52 Å². The first-order valence-electron chi connectivity index (χ1n) is 9.61. The Balaban J connectivity index is 1.30. The predicted molar refractivity (Wildman–Crippen MR) is 123 cm³/mol. The van der Waals surface area contributed by atoms with E-state index in [-0.39, 0.29) is 5.75 Å². The van der Waals surface area contributed by atoms with E-state index < -0.39 is 0 Å². The monoisotopic (exact) mass is 430 g/mol. The van der Waals surface area contributed by atoms with E-state index >= 15 is 0 Å². The van der Waals surface area contributed by atoms with Gasteiger partial charge in [0, 0.05) is 52.2 Å². The molecule has 0 aliphatic rings. The molecule has 0 amide bonds. The van der Waals surface area contributed by atoms with E-state index in [1.807, 2.05) is 24.3 Å². The number of pyridine rings is 1. The summed E-state index contributed by atoms with van der Waals surface area (Å²) in [6.07, 6.45) is 5.40. The molecule has 0 fully saturated rings. The number of benzene rings is 2. The summed E-state index contributed by atoms with van der Waals surface area (Å²) in [4.78, 5) is 8.70. The molecule has 2 aromatic carbocycles. The topological polar surface area (TPSA) is 69.5 Å². The van der Waals surface area contributed by atoms with Crippen LogP contribution in [-0.2, 0) is 0 Å². The van der Waals surface area contributed by atoms with E-state index in [2.05, 4.69) is 20.6 Å². The maximum absolute atomic E-state index is 9.73. The van der Waals surface area contributed by atoms with Crippen LogP contribution in [0.25, 0.3) is 10.9 Å². The second-order valence-electron chi connectivity index (χ2n) is 6.64. The Morgan fingerprint density at radius 1 is 0.966 bits per heavy atom. The molecule has 0 spiro atoms. The zero-order valence-corrected chi connectivity index (χ0v) is 17.5. The van der Waals surface area contributed by atoms with E-state index in [0.29, 0.717) is 22.2 Å². The van der Waals surface area contributed by atoms with Crippen LogP contribution in [0, 0.1) is 0 Å². The van der Waals surface area contributed by atoms with Crippen molar-refractivity contribution in [2.75, 3.05) is 31.5 Å². The zero-order chi connectivity index (χ0) is 20.5. The molecule has 1 aromatic heterocycles. The number of rotatable bonds is 10. The van der Waals surface area contributed by atoms with Crippen molar-refractivity contribution >= 4 is 46.0 Å². The number of halogens is 2. The Morgan fingerprint density at radius 3 is 2.66 bits per heavy atom. The van der Waals surface area contributed by atoms with Crippen molar-refractivity contribution in [2.45, 2.75) is 12.8 Å². The lowest BCUT2D eigenvalue weighted by Gasteiger charge is -2.10. The fourth-order valence-corrected chi connectivity index (χ4v) is 3.27. The van der Waals surface area contributed by atoms with Crippen LogP contribution in [0.3, 0.4) is 0 Å². The molecule has 3 aromatic rings. The summed E-state index contributed by atoms with van der Waals surface area (Å²) in [6.45, 7) is 3.40. The highest BCUT2D eigenvalue weighted by Crippen LogP contribution is 2.24. The Labute approximate surface area is 180 Å². The Morgan fingerprint density at radius 2 is 1.76 bits per heavy atom. The summed E-state index contributed by atoms with van der Waals surface area (Å²) in [7, 11) is 0. The second-order valence-corrected chi connectivity index (χ2v) is 7.52. The fourth-order valence-electron chi connectivity index (χ4n) is 2.92. The van der Waals surface area contributed by atoms with Crippen molar-refractivity contribution in [1.29, 1.82) is 0 Å². The molecule has 0 saturated carbocycles. The number of anilines is 1. The largest absolute Gasteiger partial charge is 0.507 e. The molecule has 0 bridgehead atoms. The van der Waals surface area contributed by atoms with E-state index in [0.717, 1.165) is 49.1 Å². The summed E-state index contributed by atoms with van der Waals surface area (Å²) >= 11 is 11.9. The molecule has 29 heavy (non-hydrogen) atoms. The van der Waals surface area contributed by atoms with Crippen molar-refractivity contribution in [3.05, 3.63) is 64.3 Å². The van der Waals surface area contributed by atoms with Crippen LogP contribution in [0.2, 0.25) is 10.0 Å². The van der Waals surface area contributed by atoms with Crippen molar-refractivity contribution in [3.63, 3.8) is 0 Å². The van der Waals surface area contributed by atoms with E-state index in [4.69, 9.17) is 23.2 Å². The third-order valence-electron chi connectivity index (χ3n) is 4.41. The summed E-state index contributed by atoms with van der Waals surface area (Å²) in [5.74, 6) is 0.189. The van der Waals surface area contributed by atoms with Crippen LogP contribution in [0.5, 0.6) is 5.75 Å². The van der Waals surface area contributed by atoms with Crippen LogP contribution in [0.1, 0.15) is 18.4 Å². The van der Waals surface area contributed by atoms with Gasteiger partial charge in [-0.15, -0.1) is 0 Å². The highest BCUT2D eigenvalue weighted by Gasteiger charge is 2.02. The number of nitrogens with one attached hydrogen (secondary N) is 2. The minimum Gasteiger partial charge on any atom is -0.507 e. The lowest BCUT2D eigenvalue weighted by atomic mass is 10.2. The summed E-state index contributed by atoms with van der Waals surface area (Å²) in [6, 6.07) is 12.7. The van der Waals surface area contributed by atoms with Gasteiger partial charge in [0.25, 0.3) is 0 Å². The second kappa shape index (κ2) is 11.0. The molecule has 1 heterocycles. The molecule has 0 atom stereocenters. The number of aromatic hydroxyl groups is 1. The first kappa shape index (κ1) is 21.4. The third-order valence-corrected chi connectivity index (χ3v) is 4.88. The van der Waals surface area contributed by atoms with Gasteiger partial charge >= 0.3 is 0 Å². The van der Waals surface area contributed by atoms with Crippen LogP contribution in [0.15, 0.2) is 53.7 Å². The van der Waals surface area contributed by atoms with Crippen molar-refractivity contribution in [2.24, 2.45) is 4.99 Å². The van der Waals surface area contributed by atoms with E-state index in [1.165, 1.54) is 0 Å². The maximum atomic E-state index is 9.73. The van der Waals surface area contributed by atoms with Gasteiger partial charge in [0.1, 0.15) is 5.75 Å². The van der Waals surface area contributed by atoms with Crippen LogP contribution >= 0.6 is 23.2 Å². The van der Waals surface area contributed by atoms with Gasteiger partial charge in [-0.2, -0.15) is 0 Å². The summed E-state index contributed by atoms with van der Waals surface area (Å²) in [5.41, 5.74) is 2.61. The smallest absolute Gasteiger partial charge is 0.124 e. The molecule has 0 saturated heterocycles. The van der Waals surface area contributed by atoms with Gasteiger partial charge in [-0.05, 0) is 68.4 Å². The molecule has 3 rings (SSSR count). The van der Waals surface area contributed by atoms with E-state index in [1.54, 1.807) is 30.6 Å². The molecule has 0 aliphatic carbocycles.